The smallest absolute Gasteiger partial charge is 0.415 e. The van der Waals surface area contributed by atoms with Gasteiger partial charge in [-0.1, -0.05) is 101 Å². The fourth-order valence-electron chi connectivity index (χ4n) is 4.30. The third kappa shape index (κ3) is 44.2. The summed E-state index contributed by atoms with van der Waals surface area (Å²) in [6, 6.07) is 16.8. The van der Waals surface area contributed by atoms with Gasteiger partial charge in [0.2, 0.25) is 0 Å². The largest absolute Gasteiger partial charge is 1.00 e. The number of carbonyl (C=O) groups excluding carboxylic acids is 1. The van der Waals surface area contributed by atoms with E-state index in [9.17, 15) is 17.4 Å². The van der Waals surface area contributed by atoms with E-state index in [4.69, 9.17) is 29.3 Å². The van der Waals surface area contributed by atoms with Crippen LogP contribution in [0.15, 0.2) is 63.6 Å². The van der Waals surface area contributed by atoms with Crippen LogP contribution in [-0.4, -0.2) is 111 Å². The summed E-state index contributed by atoms with van der Waals surface area (Å²) in [5, 5.41) is 14.3. The van der Waals surface area contributed by atoms with Crippen molar-refractivity contribution >= 4 is 86.3 Å². The van der Waals surface area contributed by atoms with Crippen LogP contribution in [0.2, 0.25) is 54.4 Å². The van der Waals surface area contributed by atoms with Gasteiger partial charge in [0, 0.05) is 23.3 Å². The monoisotopic (exact) mass is 1350 g/mol. The zero-order chi connectivity index (χ0) is 65.5. The van der Waals surface area contributed by atoms with Crippen molar-refractivity contribution in [1.82, 2.24) is 19.7 Å². The molecule has 486 valence electrons. The summed E-state index contributed by atoms with van der Waals surface area (Å²) in [4.78, 5) is 22.9. The van der Waals surface area contributed by atoms with Crippen LogP contribution >= 0.6 is 15.9 Å². The minimum Gasteiger partial charge on any atom is -0.415 e. The van der Waals surface area contributed by atoms with Gasteiger partial charge in [-0.05, 0) is 190 Å². The first-order valence-electron chi connectivity index (χ1n) is 28.1. The molecule has 84 heavy (non-hydrogen) atoms. The van der Waals surface area contributed by atoms with Crippen molar-refractivity contribution < 1.29 is 54.7 Å². The van der Waals surface area contributed by atoms with Crippen molar-refractivity contribution in [3.8, 4) is 0 Å². The Kier molecular flexibility index (Phi) is 48.5. The predicted octanol–water partition coefficient (Wildman–Crippen LogP) is 12.5. The molecule has 0 saturated heterocycles. The summed E-state index contributed by atoms with van der Waals surface area (Å²) in [5.41, 5.74) is 10.1. The van der Waals surface area contributed by atoms with Crippen molar-refractivity contribution in [1.29, 1.82) is 0 Å². The second-order valence-corrected chi connectivity index (χ2v) is 48.1. The molecule has 0 aromatic carbocycles. The number of rotatable bonds is 16. The maximum atomic E-state index is 12.6. The molecule has 3 rings (SSSR count). The van der Waals surface area contributed by atoms with E-state index >= 15 is 0 Å². The van der Waals surface area contributed by atoms with E-state index in [2.05, 4.69) is 155 Å². The third-order valence-electron chi connectivity index (χ3n) is 13.1. The Morgan fingerprint density at radius 1 is 0.655 bits per heavy atom. The number of nitrogens with two attached hydrogens (primary N) is 2. The molecule has 0 radical (unpaired) electrons. The number of aromatic nitrogens is 3. The van der Waals surface area contributed by atoms with Gasteiger partial charge in [-0.25, -0.2) is 22.3 Å². The molecule has 0 aliphatic carbocycles. The number of unbranched alkanes of at least 4 members (excludes halogenated alkanes) is 1. The van der Waals surface area contributed by atoms with Gasteiger partial charge in [0.1, 0.15) is 21.9 Å². The number of carbonyl (C=O) groups is 1. The van der Waals surface area contributed by atoms with Crippen molar-refractivity contribution in [2.24, 2.45) is 15.3 Å². The molecule has 6 N–H and O–H groups in total. The fourth-order valence-corrected chi connectivity index (χ4v) is 8.91. The summed E-state index contributed by atoms with van der Waals surface area (Å²) < 4.78 is 59.7. The van der Waals surface area contributed by atoms with Gasteiger partial charge in [-0.15, -0.1) is 0 Å². The molecule has 0 fully saturated rings. The summed E-state index contributed by atoms with van der Waals surface area (Å²) >= 11 is 3.25. The van der Waals surface area contributed by atoms with Gasteiger partial charge in [-0.3, -0.25) is 15.1 Å². The number of aliphatic hydroxyl groups excluding tert-OH is 1. The van der Waals surface area contributed by atoms with Crippen molar-refractivity contribution in [2.45, 2.75) is 253 Å². The molecule has 3 aromatic heterocycles. The number of hydrogen-bond acceptors (Lipinski definition) is 12. The minimum absolute atomic E-state index is 0. The van der Waals surface area contributed by atoms with E-state index in [1.54, 1.807) is 6.21 Å². The number of nitrogens with one attached hydrogen (secondary N) is 1. The van der Waals surface area contributed by atoms with Crippen LogP contribution in [-0.2, 0) is 51.0 Å². The summed E-state index contributed by atoms with van der Waals surface area (Å²) in [6.07, 6.45) is 4.74. The molecule has 23 heteroatoms. The maximum absolute atomic E-state index is 12.6. The van der Waals surface area contributed by atoms with Crippen LogP contribution in [0.1, 0.15) is 192 Å². The van der Waals surface area contributed by atoms with Crippen molar-refractivity contribution in [3.05, 3.63) is 94.6 Å². The van der Waals surface area contributed by atoms with Crippen LogP contribution in [0.3, 0.4) is 0 Å². The molecule has 0 spiro atoms. The minimum atomic E-state index is -1.88. The number of aryl methyl sites for hydroxylation is 3. The second kappa shape index (κ2) is 43.4. The number of nitrogens with zero attached hydrogens (tertiary/aromatic N) is 4. The normalized spacial score (nSPS) is 14.0. The van der Waals surface area contributed by atoms with Gasteiger partial charge < -0.3 is 35.8 Å². The van der Waals surface area contributed by atoms with Crippen LogP contribution in [0.25, 0.3) is 0 Å². The number of halogens is 1. The zero-order valence-corrected chi connectivity index (χ0v) is 64.3. The molecule has 1 unspecified atom stereocenters. The van der Waals surface area contributed by atoms with Gasteiger partial charge in [0.05, 0.1) is 86.1 Å². The van der Waals surface area contributed by atoms with Gasteiger partial charge in [-0.2, -0.15) is 10.8 Å². The molecule has 5 atom stereocenters. The zero-order valence-electron chi connectivity index (χ0n) is 57.3. The van der Waals surface area contributed by atoms with Crippen LogP contribution < -0.4 is 34.5 Å². The first-order valence-corrected chi connectivity index (χ1v) is 41.1. The Morgan fingerprint density at radius 3 is 1.31 bits per heavy atom. The SMILES string of the molecule is C.CC(C)(C)[S@@](N)=O.CC(C)(C)[S@](=O)N=CCO[Si](C)(C)C(C)(C)C.CC(C)(C)[Si](C)(C)OCC=O.Cc1cccc(Br)n1.Cc1cccc([C@@H](CO[Si](C)(C)C(C)(C)C)NS(=O)C(C)(C)C)n1.Cc1cccc([C@H](N)CO)n1.[CH2-]CCC.[Li+]. The average molecular weight is 1350 g/mol. The number of aldehydes is 1. The number of aliphatic hydroxyl groups is 1. The molecule has 3 heterocycles. The maximum Gasteiger partial charge on any atom is 1.00 e. The van der Waals surface area contributed by atoms with E-state index in [0.717, 1.165) is 45.8 Å². The third-order valence-corrected chi connectivity index (χ3v) is 31.3. The van der Waals surface area contributed by atoms with E-state index in [1.165, 1.54) is 6.42 Å². The van der Waals surface area contributed by atoms with E-state index in [1.807, 2.05) is 138 Å². The molecule has 0 aliphatic rings. The van der Waals surface area contributed by atoms with Crippen LogP contribution in [0.5, 0.6) is 0 Å². The topological polar surface area (TPSA) is 231 Å². The van der Waals surface area contributed by atoms with Crippen LogP contribution in [0.4, 0.5) is 0 Å². The Labute approximate surface area is 546 Å². The molecule has 0 saturated carbocycles. The van der Waals surface area contributed by atoms with Gasteiger partial charge >= 0.3 is 18.9 Å². The predicted molar refractivity (Wildman–Crippen MR) is 373 cm³/mol. The second-order valence-electron chi connectivity index (χ2n) is 27.1. The Bertz CT molecular complexity index is 2330. The molecule has 15 nitrogen and oxygen atoms in total. The molecule has 0 bridgehead atoms. The first-order chi connectivity index (χ1) is 36.8. The standard InChI is InChI=1S/C18H34N2O2SSi.C12H27NO2SSi.C8H12N2O.C8H18O2Si.C6H6BrN.C4H11NOS.C4H9.CH4.Li/c1-14-11-10-12-15(19-14)16(20-23(21)17(2,3)4)13-22-24(8,9)18(5,6)7;1-11(2,3)16(14)13-9-10-15-17(7,8)12(4,5)6;1-6-3-2-4-8(10-6)7(9)5-11;1-8(2,3)11(4,5)10-7-6-9;1-5-3-2-4-6(7)8-5;1-4(2,3)7(5)6;1-3-4-2;;/h10-12,16,20H,13H2,1-9H3;9H,10H2,1-8H3;2-4,7,11H,5,9H2,1H3;6H,7H2,1-5H3;2-4H,1H3;5H2,1-3H3;1,3-4H2,2H3;1H4;/q;;;;;;-1;;+1/t16-,23?;16-;7-;;;7-;;;/m101..0.../s1. The Balaban J connectivity index is -0.000000224. The quantitative estimate of drug-likeness (QED) is 0.0345. The van der Waals surface area contributed by atoms with E-state index < -0.39 is 57.9 Å². The molecule has 0 amide bonds. The van der Waals surface area contributed by atoms with Crippen molar-refractivity contribution in [2.75, 3.05) is 26.4 Å². The van der Waals surface area contributed by atoms with E-state index in [0.29, 0.717) is 13.2 Å². The first kappa shape index (κ1) is 93.8. The summed E-state index contributed by atoms with van der Waals surface area (Å²) in [6.45, 7) is 62.7. The number of hydrogen-bond donors (Lipinski definition) is 4. The van der Waals surface area contributed by atoms with Gasteiger partial charge in [0.25, 0.3) is 0 Å². The van der Waals surface area contributed by atoms with Gasteiger partial charge in [0.15, 0.2) is 25.0 Å². The fraction of sp³-hybridized carbons (Fsp3) is 0.705. The van der Waals surface area contributed by atoms with Crippen molar-refractivity contribution in [3.63, 3.8) is 0 Å². The average Bonchev–Trinajstić information content (AvgIpc) is 3.32. The summed E-state index contributed by atoms with van der Waals surface area (Å²) in [7, 11) is -8.79. The Morgan fingerprint density at radius 2 is 1.01 bits per heavy atom. The molecule has 0 aliphatic heterocycles. The van der Waals surface area contributed by atoms with Crippen LogP contribution in [0, 0.1) is 27.7 Å². The Hall–Kier alpha value is -1.31. The number of pyridine rings is 3. The van der Waals surface area contributed by atoms with E-state index in [-0.39, 0.29) is 80.9 Å². The molecule has 3 aromatic rings. The molecular weight excluding hydrogens is 1230 g/mol. The molecular formula is C61H121BrLiN7O8S3Si3. The summed E-state index contributed by atoms with van der Waals surface area (Å²) in [5.74, 6) is 0.